The Morgan fingerprint density at radius 3 is 2.76 bits per heavy atom. The lowest BCUT2D eigenvalue weighted by Gasteiger charge is -2.32. The number of piperidine rings is 1. The highest BCUT2D eigenvalue weighted by atomic mass is 32.2. The fraction of sp³-hybridized carbons (Fsp3) is 1.00. The summed E-state index contributed by atoms with van der Waals surface area (Å²) in [5, 5.41) is 0. The molecule has 0 amide bonds. The summed E-state index contributed by atoms with van der Waals surface area (Å²) in [7, 11) is -3.02. The quantitative estimate of drug-likeness (QED) is 0.790. The maximum absolute atomic E-state index is 11.5. The van der Waals surface area contributed by atoms with E-state index in [0.29, 0.717) is 19.0 Å². The molecule has 1 aliphatic rings. The molecule has 2 unspecified atom stereocenters. The molecule has 0 aromatic carbocycles. The lowest BCUT2D eigenvalue weighted by atomic mass is 9.91. The summed E-state index contributed by atoms with van der Waals surface area (Å²) >= 11 is 0. The summed E-state index contributed by atoms with van der Waals surface area (Å²) in [5.41, 5.74) is 6.08. The largest absolute Gasteiger partial charge is 0.328 e. The second-order valence-corrected chi connectivity index (χ2v) is 7.25. The molecule has 2 N–H and O–H groups in total. The molecule has 1 aliphatic heterocycles. The second-order valence-electron chi connectivity index (χ2n) is 5.27. The summed E-state index contributed by atoms with van der Waals surface area (Å²) in [6.45, 7) is 3.51. The zero-order chi connectivity index (χ0) is 12.9. The Hall–Kier alpha value is -0.130. The maximum Gasteiger partial charge on any atom is 0.211 e. The van der Waals surface area contributed by atoms with Gasteiger partial charge in [0.2, 0.25) is 10.0 Å². The predicted molar refractivity (Wildman–Crippen MR) is 71.3 cm³/mol. The third-order valence-corrected chi connectivity index (χ3v) is 4.78. The van der Waals surface area contributed by atoms with Crippen molar-refractivity contribution in [1.29, 1.82) is 0 Å². The van der Waals surface area contributed by atoms with Gasteiger partial charge in [0, 0.05) is 19.1 Å². The van der Waals surface area contributed by atoms with Crippen molar-refractivity contribution in [2.75, 3.05) is 19.3 Å². The fourth-order valence-electron chi connectivity index (χ4n) is 2.53. The summed E-state index contributed by atoms with van der Waals surface area (Å²) in [4.78, 5) is 0. The molecule has 102 valence electrons. The average molecular weight is 262 g/mol. The molecule has 0 aromatic rings. The third kappa shape index (κ3) is 5.36. The average Bonchev–Trinajstić information content (AvgIpc) is 2.25. The maximum atomic E-state index is 11.5. The van der Waals surface area contributed by atoms with Crippen LogP contribution in [0, 0.1) is 5.92 Å². The summed E-state index contributed by atoms with van der Waals surface area (Å²) in [6.07, 6.45) is 7.76. The van der Waals surface area contributed by atoms with Crippen LogP contribution in [0.15, 0.2) is 0 Å². The molecule has 1 rings (SSSR count). The Balaban J connectivity index is 2.39. The first-order valence-electron chi connectivity index (χ1n) is 6.64. The third-order valence-electron chi connectivity index (χ3n) is 3.52. The SMILES string of the molecule is CCCCC(N)CC1CCCN(S(C)(=O)=O)C1. The highest BCUT2D eigenvalue weighted by molar-refractivity contribution is 7.88. The van der Waals surface area contributed by atoms with Crippen molar-refractivity contribution >= 4 is 10.0 Å². The lowest BCUT2D eigenvalue weighted by Crippen LogP contribution is -2.41. The fourth-order valence-corrected chi connectivity index (χ4v) is 3.48. The molecule has 0 aromatic heterocycles. The molecular formula is C12H26N2O2S. The van der Waals surface area contributed by atoms with E-state index in [1.807, 2.05) is 0 Å². The molecule has 1 fully saturated rings. The molecule has 0 bridgehead atoms. The Morgan fingerprint density at radius 2 is 2.18 bits per heavy atom. The van der Waals surface area contributed by atoms with Gasteiger partial charge in [0.25, 0.3) is 0 Å². The van der Waals surface area contributed by atoms with Gasteiger partial charge in [-0.1, -0.05) is 19.8 Å². The Bertz CT molecular complexity index is 316. The number of hydrogen-bond donors (Lipinski definition) is 1. The van der Waals surface area contributed by atoms with Gasteiger partial charge < -0.3 is 5.73 Å². The van der Waals surface area contributed by atoms with Gasteiger partial charge in [0.15, 0.2) is 0 Å². The van der Waals surface area contributed by atoms with Crippen LogP contribution in [0.4, 0.5) is 0 Å². The van der Waals surface area contributed by atoms with Crippen LogP contribution in [0.1, 0.15) is 45.4 Å². The molecule has 17 heavy (non-hydrogen) atoms. The highest BCUT2D eigenvalue weighted by Gasteiger charge is 2.26. The molecule has 0 radical (unpaired) electrons. The number of hydrogen-bond acceptors (Lipinski definition) is 3. The first kappa shape index (κ1) is 14.9. The number of sulfonamides is 1. The number of nitrogens with zero attached hydrogens (tertiary/aromatic N) is 1. The van der Waals surface area contributed by atoms with E-state index in [0.717, 1.165) is 25.7 Å². The van der Waals surface area contributed by atoms with E-state index in [1.54, 1.807) is 4.31 Å². The molecule has 2 atom stereocenters. The molecule has 4 nitrogen and oxygen atoms in total. The Morgan fingerprint density at radius 1 is 1.47 bits per heavy atom. The summed E-state index contributed by atoms with van der Waals surface area (Å²) in [6, 6.07) is 0.236. The molecule has 1 heterocycles. The van der Waals surface area contributed by atoms with E-state index < -0.39 is 10.0 Å². The zero-order valence-corrected chi connectivity index (χ0v) is 11.9. The van der Waals surface area contributed by atoms with Gasteiger partial charge >= 0.3 is 0 Å². The molecular weight excluding hydrogens is 236 g/mol. The van der Waals surface area contributed by atoms with Gasteiger partial charge in [0.05, 0.1) is 6.26 Å². The Labute approximate surface area is 106 Å². The van der Waals surface area contributed by atoms with Gasteiger partial charge in [0.1, 0.15) is 0 Å². The topological polar surface area (TPSA) is 63.4 Å². The van der Waals surface area contributed by atoms with Crippen LogP contribution in [0.2, 0.25) is 0 Å². The predicted octanol–water partition coefficient (Wildman–Crippen LogP) is 1.57. The van der Waals surface area contributed by atoms with Crippen LogP contribution in [0.25, 0.3) is 0 Å². The molecule has 0 spiro atoms. The normalized spacial score (nSPS) is 24.8. The van der Waals surface area contributed by atoms with Crippen LogP contribution in [0.3, 0.4) is 0 Å². The van der Waals surface area contributed by atoms with Crippen molar-refractivity contribution in [1.82, 2.24) is 4.31 Å². The number of nitrogens with two attached hydrogens (primary N) is 1. The van der Waals surface area contributed by atoms with E-state index in [4.69, 9.17) is 5.73 Å². The van der Waals surface area contributed by atoms with Crippen molar-refractivity contribution in [3.8, 4) is 0 Å². The highest BCUT2D eigenvalue weighted by Crippen LogP contribution is 2.23. The molecule has 0 aliphatic carbocycles. The Kier molecular flexibility index (Phi) is 5.89. The number of unbranched alkanes of at least 4 members (excludes halogenated alkanes) is 1. The van der Waals surface area contributed by atoms with Crippen molar-refractivity contribution in [3.63, 3.8) is 0 Å². The molecule has 1 saturated heterocycles. The van der Waals surface area contributed by atoms with Crippen LogP contribution >= 0.6 is 0 Å². The number of rotatable bonds is 6. The van der Waals surface area contributed by atoms with Gasteiger partial charge in [-0.05, 0) is 31.6 Å². The smallest absolute Gasteiger partial charge is 0.211 e. The molecule has 0 saturated carbocycles. The minimum absolute atomic E-state index is 0.236. The van der Waals surface area contributed by atoms with Gasteiger partial charge in [-0.25, -0.2) is 12.7 Å². The van der Waals surface area contributed by atoms with Crippen molar-refractivity contribution in [3.05, 3.63) is 0 Å². The van der Waals surface area contributed by atoms with Gasteiger partial charge in [-0.3, -0.25) is 0 Å². The van der Waals surface area contributed by atoms with Crippen molar-refractivity contribution in [2.45, 2.75) is 51.5 Å². The van der Waals surface area contributed by atoms with Crippen LogP contribution in [0.5, 0.6) is 0 Å². The van der Waals surface area contributed by atoms with E-state index in [9.17, 15) is 8.42 Å². The van der Waals surface area contributed by atoms with Crippen LogP contribution < -0.4 is 5.73 Å². The van der Waals surface area contributed by atoms with E-state index in [1.165, 1.54) is 19.1 Å². The van der Waals surface area contributed by atoms with E-state index in [2.05, 4.69) is 6.92 Å². The van der Waals surface area contributed by atoms with Crippen molar-refractivity contribution < 1.29 is 8.42 Å². The standard InChI is InChI=1S/C12H26N2O2S/c1-3-4-7-12(13)9-11-6-5-8-14(10-11)17(2,15)16/h11-12H,3-10,13H2,1-2H3. The van der Waals surface area contributed by atoms with E-state index in [-0.39, 0.29) is 6.04 Å². The van der Waals surface area contributed by atoms with Gasteiger partial charge in [-0.2, -0.15) is 0 Å². The van der Waals surface area contributed by atoms with Gasteiger partial charge in [-0.15, -0.1) is 0 Å². The second kappa shape index (κ2) is 6.71. The minimum Gasteiger partial charge on any atom is -0.328 e. The zero-order valence-electron chi connectivity index (χ0n) is 11.1. The lowest BCUT2D eigenvalue weighted by molar-refractivity contribution is 0.243. The minimum atomic E-state index is -3.02. The van der Waals surface area contributed by atoms with Crippen LogP contribution in [-0.2, 0) is 10.0 Å². The summed E-state index contributed by atoms with van der Waals surface area (Å²) < 4.78 is 24.6. The summed E-state index contributed by atoms with van der Waals surface area (Å²) in [5.74, 6) is 0.449. The molecule has 5 heteroatoms. The van der Waals surface area contributed by atoms with E-state index >= 15 is 0 Å². The van der Waals surface area contributed by atoms with Crippen molar-refractivity contribution in [2.24, 2.45) is 11.7 Å². The monoisotopic (exact) mass is 262 g/mol. The van der Waals surface area contributed by atoms with Crippen LogP contribution in [-0.4, -0.2) is 38.1 Å². The first-order valence-corrected chi connectivity index (χ1v) is 8.49. The first-order chi connectivity index (χ1) is 7.93.